The van der Waals surface area contributed by atoms with E-state index in [2.05, 4.69) is 9.88 Å². The van der Waals surface area contributed by atoms with Crippen molar-refractivity contribution in [2.45, 2.75) is 29.6 Å². The van der Waals surface area contributed by atoms with Crippen LogP contribution in [0.5, 0.6) is 5.75 Å². The van der Waals surface area contributed by atoms with Crippen LogP contribution in [0.3, 0.4) is 0 Å². The number of benzene rings is 2. The second-order valence-electron chi connectivity index (χ2n) is 6.59. The molecule has 0 saturated carbocycles. The number of ether oxygens (including phenoxy) is 1. The highest BCUT2D eigenvalue weighted by Crippen LogP contribution is 2.38. The van der Waals surface area contributed by atoms with Crippen molar-refractivity contribution in [2.75, 3.05) is 24.6 Å². The molecule has 1 aliphatic heterocycles. The maximum Gasteiger partial charge on any atom is 0.210 e. The first-order valence-corrected chi connectivity index (χ1v) is 10.7. The van der Waals surface area contributed by atoms with Crippen molar-refractivity contribution in [3.8, 4) is 5.75 Å². The molecule has 1 fully saturated rings. The lowest BCUT2D eigenvalue weighted by atomic mass is 10.1. The summed E-state index contributed by atoms with van der Waals surface area (Å²) >= 11 is 0. The minimum absolute atomic E-state index is 0.261. The molecule has 0 spiro atoms. The molecule has 1 saturated heterocycles. The number of fused-ring (bicyclic) bond motifs is 1. The van der Waals surface area contributed by atoms with Crippen molar-refractivity contribution in [3.05, 3.63) is 54.7 Å². The summed E-state index contributed by atoms with van der Waals surface area (Å²) in [5.41, 5.74) is 1.51. The molecule has 0 N–H and O–H groups in total. The van der Waals surface area contributed by atoms with Crippen molar-refractivity contribution in [1.82, 2.24) is 4.98 Å². The zero-order chi connectivity index (χ0) is 18.9. The summed E-state index contributed by atoms with van der Waals surface area (Å²) in [6, 6.07) is 14.2. The maximum absolute atomic E-state index is 13.4. The van der Waals surface area contributed by atoms with E-state index in [1.807, 2.05) is 31.2 Å². The van der Waals surface area contributed by atoms with Gasteiger partial charge in [0.05, 0.1) is 22.7 Å². The van der Waals surface area contributed by atoms with Gasteiger partial charge in [-0.15, -0.1) is 0 Å². The number of aromatic nitrogens is 1. The van der Waals surface area contributed by atoms with Crippen molar-refractivity contribution in [2.24, 2.45) is 0 Å². The summed E-state index contributed by atoms with van der Waals surface area (Å²) in [6.45, 7) is 4.17. The number of pyridine rings is 1. The summed E-state index contributed by atoms with van der Waals surface area (Å²) in [5, 5.41) is 0.819. The molecule has 1 aromatic heterocycles. The Morgan fingerprint density at radius 3 is 2.52 bits per heavy atom. The van der Waals surface area contributed by atoms with Gasteiger partial charge < -0.3 is 9.64 Å². The van der Waals surface area contributed by atoms with E-state index >= 15 is 0 Å². The van der Waals surface area contributed by atoms with E-state index in [1.54, 1.807) is 24.3 Å². The van der Waals surface area contributed by atoms with E-state index < -0.39 is 9.84 Å². The van der Waals surface area contributed by atoms with Crippen LogP contribution in [0, 0.1) is 0 Å². The fraction of sp³-hybridized carbons (Fsp3) is 0.286. The highest BCUT2D eigenvalue weighted by atomic mass is 32.2. The smallest absolute Gasteiger partial charge is 0.210 e. The molecule has 3 aromatic rings. The lowest BCUT2D eigenvalue weighted by molar-refractivity contribution is 0.340. The molecule has 0 amide bonds. The van der Waals surface area contributed by atoms with Crippen LogP contribution in [0.4, 0.5) is 5.69 Å². The molecule has 0 bridgehead atoms. The SMILES string of the molecule is CCOc1ccc2ncc(S(=O)(=O)c3ccccc3)c(N3CCCC3)c2c1. The van der Waals surface area contributed by atoms with Gasteiger partial charge in [0.1, 0.15) is 10.6 Å². The third kappa shape index (κ3) is 3.25. The van der Waals surface area contributed by atoms with Gasteiger partial charge in [-0.1, -0.05) is 18.2 Å². The molecule has 5 nitrogen and oxygen atoms in total. The van der Waals surface area contributed by atoms with E-state index in [1.165, 1.54) is 6.20 Å². The first kappa shape index (κ1) is 17.8. The van der Waals surface area contributed by atoms with Gasteiger partial charge >= 0.3 is 0 Å². The molecule has 0 radical (unpaired) electrons. The third-order valence-electron chi connectivity index (χ3n) is 4.85. The Kier molecular flexibility index (Phi) is 4.74. The molecule has 0 unspecified atom stereocenters. The van der Waals surface area contributed by atoms with Crippen LogP contribution in [0.25, 0.3) is 10.9 Å². The molecular weight excluding hydrogens is 360 g/mol. The number of hydrogen-bond donors (Lipinski definition) is 0. The van der Waals surface area contributed by atoms with Crippen molar-refractivity contribution in [1.29, 1.82) is 0 Å². The van der Waals surface area contributed by atoms with Gasteiger partial charge in [0.25, 0.3) is 0 Å². The first-order chi connectivity index (χ1) is 13.1. The summed E-state index contributed by atoms with van der Waals surface area (Å²) in [5.74, 6) is 0.724. The number of sulfone groups is 1. The van der Waals surface area contributed by atoms with E-state index in [-0.39, 0.29) is 9.79 Å². The molecule has 0 aliphatic carbocycles. The molecule has 27 heavy (non-hydrogen) atoms. The van der Waals surface area contributed by atoms with Gasteiger partial charge in [0, 0.05) is 24.7 Å². The van der Waals surface area contributed by atoms with E-state index in [4.69, 9.17) is 4.74 Å². The van der Waals surface area contributed by atoms with Crippen LogP contribution in [0.1, 0.15) is 19.8 Å². The van der Waals surface area contributed by atoms with Crippen LogP contribution in [0.15, 0.2) is 64.5 Å². The monoisotopic (exact) mass is 382 g/mol. The largest absolute Gasteiger partial charge is 0.494 e. The molecular formula is C21H22N2O3S. The summed E-state index contributed by atoms with van der Waals surface area (Å²) < 4.78 is 32.4. The normalized spacial score (nSPS) is 14.6. The molecule has 2 heterocycles. The average molecular weight is 382 g/mol. The predicted octanol–water partition coefficient (Wildman–Crippen LogP) is 4.07. The molecule has 1 aliphatic rings. The Morgan fingerprint density at radius 2 is 1.81 bits per heavy atom. The lowest BCUT2D eigenvalue weighted by Gasteiger charge is -2.23. The van der Waals surface area contributed by atoms with Crippen LogP contribution < -0.4 is 9.64 Å². The van der Waals surface area contributed by atoms with Gasteiger partial charge in [-0.25, -0.2) is 8.42 Å². The predicted molar refractivity (Wildman–Crippen MR) is 106 cm³/mol. The Balaban J connectivity index is 1.98. The molecule has 0 atom stereocenters. The Bertz CT molecular complexity index is 1060. The van der Waals surface area contributed by atoms with Crippen LogP contribution in [-0.2, 0) is 9.84 Å². The first-order valence-electron chi connectivity index (χ1n) is 9.22. The highest BCUT2D eigenvalue weighted by molar-refractivity contribution is 7.91. The summed E-state index contributed by atoms with van der Waals surface area (Å²) in [6.07, 6.45) is 3.61. The van der Waals surface area contributed by atoms with Crippen molar-refractivity contribution in [3.63, 3.8) is 0 Å². The zero-order valence-electron chi connectivity index (χ0n) is 15.3. The van der Waals surface area contributed by atoms with Crippen molar-refractivity contribution < 1.29 is 13.2 Å². The number of nitrogens with zero attached hydrogens (tertiary/aromatic N) is 2. The lowest BCUT2D eigenvalue weighted by Crippen LogP contribution is -2.21. The van der Waals surface area contributed by atoms with E-state index in [9.17, 15) is 8.42 Å². The molecule has 2 aromatic carbocycles. The quantitative estimate of drug-likeness (QED) is 0.666. The Hall–Kier alpha value is -2.60. The number of rotatable bonds is 5. The topological polar surface area (TPSA) is 59.5 Å². The molecule has 6 heteroatoms. The van der Waals surface area contributed by atoms with Crippen LogP contribution in [0.2, 0.25) is 0 Å². The average Bonchev–Trinajstić information content (AvgIpc) is 3.22. The standard InChI is InChI=1S/C21H22N2O3S/c1-2-26-16-10-11-19-18(14-16)21(23-12-6-7-13-23)20(15-22-19)27(24,25)17-8-4-3-5-9-17/h3-5,8-11,14-15H,2,6-7,12-13H2,1H3. The highest BCUT2D eigenvalue weighted by Gasteiger charge is 2.28. The minimum atomic E-state index is -3.67. The van der Waals surface area contributed by atoms with E-state index in [0.717, 1.165) is 48.3 Å². The Labute approximate surface area is 159 Å². The van der Waals surface area contributed by atoms with Gasteiger partial charge in [-0.3, -0.25) is 4.98 Å². The summed E-state index contributed by atoms with van der Waals surface area (Å²) in [4.78, 5) is 7.15. The fourth-order valence-corrected chi connectivity index (χ4v) is 5.04. The van der Waals surface area contributed by atoms with Gasteiger partial charge in [-0.05, 0) is 50.1 Å². The van der Waals surface area contributed by atoms with Gasteiger partial charge in [-0.2, -0.15) is 0 Å². The maximum atomic E-state index is 13.4. The summed E-state index contributed by atoms with van der Waals surface area (Å²) in [7, 11) is -3.67. The molecule has 4 rings (SSSR count). The second-order valence-corrected chi connectivity index (χ2v) is 8.51. The van der Waals surface area contributed by atoms with Crippen molar-refractivity contribution >= 4 is 26.4 Å². The van der Waals surface area contributed by atoms with Gasteiger partial charge in [0.2, 0.25) is 9.84 Å². The zero-order valence-corrected chi connectivity index (χ0v) is 16.1. The van der Waals surface area contributed by atoms with Gasteiger partial charge in [0.15, 0.2) is 0 Å². The second kappa shape index (κ2) is 7.19. The Morgan fingerprint density at radius 1 is 1.07 bits per heavy atom. The fourth-order valence-electron chi connectivity index (χ4n) is 3.59. The minimum Gasteiger partial charge on any atom is -0.494 e. The van der Waals surface area contributed by atoms with Crippen LogP contribution in [-0.4, -0.2) is 33.1 Å². The van der Waals surface area contributed by atoms with Crippen LogP contribution >= 0.6 is 0 Å². The number of anilines is 1. The molecule has 140 valence electrons. The number of hydrogen-bond acceptors (Lipinski definition) is 5. The third-order valence-corrected chi connectivity index (χ3v) is 6.62. The van der Waals surface area contributed by atoms with E-state index in [0.29, 0.717) is 6.61 Å².